The first-order valence-corrected chi connectivity index (χ1v) is 5.59. The van der Waals surface area contributed by atoms with Crippen molar-refractivity contribution in [3.8, 4) is 5.88 Å². The van der Waals surface area contributed by atoms with Gasteiger partial charge in [-0.1, -0.05) is 0 Å². The third-order valence-corrected chi connectivity index (χ3v) is 2.42. The van der Waals surface area contributed by atoms with E-state index in [1.807, 2.05) is 36.9 Å². The quantitative estimate of drug-likeness (QED) is 0.854. The summed E-state index contributed by atoms with van der Waals surface area (Å²) >= 11 is 0. The highest BCUT2D eigenvalue weighted by atomic mass is 16.5. The second-order valence-corrected chi connectivity index (χ2v) is 3.62. The number of rotatable bonds is 5. The lowest BCUT2D eigenvalue weighted by Gasteiger charge is -2.07. The zero-order valence-corrected chi connectivity index (χ0v) is 10.1. The fraction of sp³-hybridized carbons (Fsp3) is 0.333. The molecule has 0 unspecified atom stereocenters. The van der Waals surface area contributed by atoms with Gasteiger partial charge in [-0.3, -0.25) is 4.68 Å². The van der Waals surface area contributed by atoms with Gasteiger partial charge in [-0.15, -0.1) is 0 Å². The molecule has 2 aromatic heterocycles. The average molecular weight is 232 g/mol. The Morgan fingerprint density at radius 1 is 1.35 bits per heavy atom. The number of aryl methyl sites for hydroxylation is 1. The van der Waals surface area contributed by atoms with Crippen molar-refractivity contribution < 1.29 is 4.74 Å². The van der Waals surface area contributed by atoms with E-state index in [0.29, 0.717) is 12.5 Å². The van der Waals surface area contributed by atoms with Gasteiger partial charge < -0.3 is 10.1 Å². The molecule has 0 amide bonds. The molecular weight excluding hydrogens is 216 g/mol. The first kappa shape index (κ1) is 11.4. The Morgan fingerprint density at radius 2 is 2.24 bits per heavy atom. The third-order valence-electron chi connectivity index (χ3n) is 2.42. The molecule has 0 aliphatic carbocycles. The van der Waals surface area contributed by atoms with Crippen LogP contribution in [0.3, 0.4) is 0 Å². The van der Waals surface area contributed by atoms with Gasteiger partial charge in [0, 0.05) is 19.3 Å². The third kappa shape index (κ3) is 2.96. The molecule has 0 atom stereocenters. The molecule has 0 saturated carbocycles. The number of hydrogen-bond acceptors (Lipinski definition) is 4. The highest BCUT2D eigenvalue weighted by Gasteiger charge is 1.99. The summed E-state index contributed by atoms with van der Waals surface area (Å²) in [5.74, 6) is 0.651. The van der Waals surface area contributed by atoms with Gasteiger partial charge in [0.2, 0.25) is 5.88 Å². The lowest BCUT2D eigenvalue weighted by atomic mass is 10.3. The van der Waals surface area contributed by atoms with Crippen molar-refractivity contribution in [1.29, 1.82) is 0 Å². The Hall–Kier alpha value is -2.04. The molecule has 0 aromatic carbocycles. The van der Waals surface area contributed by atoms with E-state index in [0.717, 1.165) is 17.9 Å². The van der Waals surface area contributed by atoms with E-state index in [1.54, 1.807) is 12.4 Å². The molecule has 0 spiro atoms. The number of anilines is 1. The van der Waals surface area contributed by atoms with Gasteiger partial charge in [0.15, 0.2) is 0 Å². The molecule has 5 heteroatoms. The minimum atomic E-state index is 0.634. The topological polar surface area (TPSA) is 52.0 Å². The SMILES string of the molecule is CCOc1ccc(NCc2ccnn2C)cn1. The van der Waals surface area contributed by atoms with E-state index in [9.17, 15) is 0 Å². The van der Waals surface area contributed by atoms with Crippen LogP contribution in [0, 0.1) is 0 Å². The summed E-state index contributed by atoms with van der Waals surface area (Å²) in [6.45, 7) is 3.30. The number of nitrogens with one attached hydrogen (secondary N) is 1. The highest BCUT2D eigenvalue weighted by Crippen LogP contribution is 2.12. The van der Waals surface area contributed by atoms with E-state index >= 15 is 0 Å². The standard InChI is InChI=1S/C12H16N4O/c1-3-17-12-5-4-10(8-14-12)13-9-11-6-7-15-16(11)2/h4-8,13H,3,9H2,1-2H3. The van der Waals surface area contributed by atoms with Crippen LogP contribution in [0.2, 0.25) is 0 Å². The Labute approximate surface area is 100 Å². The fourth-order valence-electron chi connectivity index (χ4n) is 1.49. The maximum atomic E-state index is 5.28. The van der Waals surface area contributed by atoms with Gasteiger partial charge in [0.25, 0.3) is 0 Å². The molecule has 0 aliphatic rings. The molecule has 0 aliphatic heterocycles. The Morgan fingerprint density at radius 3 is 2.82 bits per heavy atom. The molecular formula is C12H16N4O. The van der Waals surface area contributed by atoms with Gasteiger partial charge in [0.05, 0.1) is 30.7 Å². The largest absolute Gasteiger partial charge is 0.478 e. The second-order valence-electron chi connectivity index (χ2n) is 3.62. The van der Waals surface area contributed by atoms with E-state index in [4.69, 9.17) is 4.74 Å². The molecule has 0 saturated heterocycles. The molecule has 0 fully saturated rings. The molecule has 17 heavy (non-hydrogen) atoms. The molecule has 1 N–H and O–H groups in total. The van der Waals surface area contributed by atoms with Crippen molar-refractivity contribution in [2.24, 2.45) is 7.05 Å². The van der Waals surface area contributed by atoms with Crippen LogP contribution in [0.25, 0.3) is 0 Å². The van der Waals surface area contributed by atoms with Crippen LogP contribution in [0.4, 0.5) is 5.69 Å². The lowest BCUT2D eigenvalue weighted by molar-refractivity contribution is 0.327. The van der Waals surface area contributed by atoms with Crippen LogP contribution in [-0.4, -0.2) is 21.4 Å². The monoisotopic (exact) mass is 232 g/mol. The smallest absolute Gasteiger partial charge is 0.213 e. The van der Waals surface area contributed by atoms with Crippen molar-refractivity contribution >= 4 is 5.69 Å². The minimum absolute atomic E-state index is 0.634. The zero-order chi connectivity index (χ0) is 12.1. The van der Waals surface area contributed by atoms with Crippen molar-refractivity contribution in [3.63, 3.8) is 0 Å². The first-order valence-electron chi connectivity index (χ1n) is 5.59. The van der Waals surface area contributed by atoms with Gasteiger partial charge in [-0.25, -0.2) is 4.98 Å². The molecule has 2 aromatic rings. The van der Waals surface area contributed by atoms with E-state index in [2.05, 4.69) is 15.4 Å². The van der Waals surface area contributed by atoms with Gasteiger partial charge in [-0.2, -0.15) is 5.10 Å². The average Bonchev–Trinajstić information content (AvgIpc) is 2.75. The molecule has 2 rings (SSSR count). The van der Waals surface area contributed by atoms with Crippen molar-refractivity contribution in [2.75, 3.05) is 11.9 Å². The highest BCUT2D eigenvalue weighted by molar-refractivity contribution is 5.42. The van der Waals surface area contributed by atoms with Gasteiger partial charge >= 0.3 is 0 Å². The van der Waals surface area contributed by atoms with Crippen LogP contribution in [-0.2, 0) is 13.6 Å². The van der Waals surface area contributed by atoms with Gasteiger partial charge in [0.1, 0.15) is 0 Å². The fourth-order valence-corrected chi connectivity index (χ4v) is 1.49. The summed E-state index contributed by atoms with van der Waals surface area (Å²) in [6, 6.07) is 5.79. The molecule has 90 valence electrons. The summed E-state index contributed by atoms with van der Waals surface area (Å²) in [4.78, 5) is 4.18. The van der Waals surface area contributed by atoms with Crippen LogP contribution in [0.1, 0.15) is 12.6 Å². The predicted octanol–water partition coefficient (Wildman–Crippen LogP) is 1.83. The number of pyridine rings is 1. The molecule has 2 heterocycles. The van der Waals surface area contributed by atoms with E-state index < -0.39 is 0 Å². The van der Waals surface area contributed by atoms with Crippen molar-refractivity contribution in [2.45, 2.75) is 13.5 Å². The Kier molecular flexibility index (Phi) is 3.59. The normalized spacial score (nSPS) is 10.2. The number of hydrogen-bond donors (Lipinski definition) is 1. The van der Waals surface area contributed by atoms with Crippen molar-refractivity contribution in [1.82, 2.24) is 14.8 Å². The number of nitrogens with zero attached hydrogens (tertiary/aromatic N) is 3. The summed E-state index contributed by atoms with van der Waals surface area (Å²) in [5.41, 5.74) is 2.09. The number of ether oxygens (including phenoxy) is 1. The van der Waals surface area contributed by atoms with E-state index in [-0.39, 0.29) is 0 Å². The Balaban J connectivity index is 1.93. The minimum Gasteiger partial charge on any atom is -0.478 e. The number of aromatic nitrogens is 3. The molecule has 0 radical (unpaired) electrons. The maximum absolute atomic E-state index is 5.28. The van der Waals surface area contributed by atoms with Crippen LogP contribution in [0.5, 0.6) is 5.88 Å². The predicted molar refractivity (Wildman–Crippen MR) is 65.9 cm³/mol. The summed E-state index contributed by atoms with van der Waals surface area (Å²) in [7, 11) is 1.92. The van der Waals surface area contributed by atoms with Crippen LogP contribution < -0.4 is 10.1 Å². The van der Waals surface area contributed by atoms with Crippen LogP contribution >= 0.6 is 0 Å². The van der Waals surface area contributed by atoms with Crippen molar-refractivity contribution in [3.05, 3.63) is 36.3 Å². The van der Waals surface area contributed by atoms with Gasteiger partial charge in [-0.05, 0) is 19.1 Å². The molecule has 5 nitrogen and oxygen atoms in total. The maximum Gasteiger partial charge on any atom is 0.213 e. The Bertz CT molecular complexity index is 464. The summed E-state index contributed by atoms with van der Waals surface area (Å²) in [5, 5.41) is 7.39. The van der Waals surface area contributed by atoms with Crippen LogP contribution in [0.15, 0.2) is 30.6 Å². The first-order chi connectivity index (χ1) is 8.29. The lowest BCUT2D eigenvalue weighted by Crippen LogP contribution is -2.05. The molecule has 0 bridgehead atoms. The van der Waals surface area contributed by atoms with E-state index in [1.165, 1.54) is 0 Å². The zero-order valence-electron chi connectivity index (χ0n) is 10.1. The second kappa shape index (κ2) is 5.34. The summed E-state index contributed by atoms with van der Waals surface area (Å²) in [6.07, 6.45) is 3.55. The summed E-state index contributed by atoms with van der Waals surface area (Å²) < 4.78 is 7.12.